The van der Waals surface area contributed by atoms with Crippen LogP contribution in [0.25, 0.3) is 0 Å². The van der Waals surface area contributed by atoms with Crippen LogP contribution in [0.1, 0.15) is 6.42 Å². The van der Waals surface area contributed by atoms with E-state index in [1.54, 1.807) is 17.2 Å². The molecule has 1 atom stereocenters. The van der Waals surface area contributed by atoms with Gasteiger partial charge in [0.1, 0.15) is 22.6 Å². The normalized spacial score (nSPS) is 15.7. The highest BCUT2D eigenvalue weighted by Crippen LogP contribution is 2.19. The van der Waals surface area contributed by atoms with Gasteiger partial charge in [-0.3, -0.25) is 4.79 Å². The third kappa shape index (κ3) is 6.09. The molecule has 1 aliphatic heterocycles. The minimum atomic E-state index is -4.18. The molecule has 1 aromatic carbocycles. The summed E-state index contributed by atoms with van der Waals surface area (Å²) in [6.07, 6.45) is 3.77. The molecule has 3 rings (SSSR count). The number of nitrogens with zero attached hydrogens (tertiary/aromatic N) is 3. The molecule has 1 saturated heterocycles. The lowest BCUT2D eigenvalue weighted by atomic mass is 10.2. The number of aromatic nitrogens is 1. The average Bonchev–Trinajstić information content (AvgIpc) is 2.77. The van der Waals surface area contributed by atoms with Crippen molar-refractivity contribution in [1.29, 1.82) is 0 Å². The van der Waals surface area contributed by atoms with Crippen LogP contribution in [0.2, 0.25) is 5.02 Å². The molecule has 0 radical (unpaired) electrons. The van der Waals surface area contributed by atoms with Crippen LogP contribution in [-0.2, 0) is 14.8 Å². The molecule has 1 N–H and O–H groups in total. The Labute approximate surface area is 191 Å². The highest BCUT2D eigenvalue weighted by atomic mass is 35.5. The van der Waals surface area contributed by atoms with Crippen LogP contribution in [0, 0.1) is 5.82 Å². The van der Waals surface area contributed by atoms with Gasteiger partial charge in [-0.15, -0.1) is 0 Å². The molecular formula is C20H24ClFN4O3S2. The number of hydrogen-bond donors (Lipinski definition) is 1. The Hall–Kier alpha value is -1.88. The minimum absolute atomic E-state index is 0.308. The maximum Gasteiger partial charge on any atom is 0.244 e. The number of piperazine rings is 1. The minimum Gasteiger partial charge on any atom is -0.353 e. The number of benzene rings is 1. The fourth-order valence-electron chi connectivity index (χ4n) is 3.31. The maximum absolute atomic E-state index is 14.0. The van der Waals surface area contributed by atoms with E-state index in [0.29, 0.717) is 43.4 Å². The van der Waals surface area contributed by atoms with Gasteiger partial charge in [-0.25, -0.2) is 17.8 Å². The summed E-state index contributed by atoms with van der Waals surface area (Å²) in [5.74, 6) is 0.203. The standard InChI is InChI=1S/C20H24ClFN4O3S2/c1-30-13-8-17(24-31(28,29)18-5-3-2-4-16(18)22)20(27)26-11-9-25(10-12-26)19-7-6-15(21)14-23-19/h2-7,14,17,24H,8-13H2,1H3. The summed E-state index contributed by atoms with van der Waals surface area (Å²) in [6, 6.07) is 7.75. The summed E-state index contributed by atoms with van der Waals surface area (Å²) in [5, 5.41) is 0.552. The van der Waals surface area contributed by atoms with Crippen molar-refractivity contribution >= 4 is 45.1 Å². The van der Waals surface area contributed by atoms with E-state index in [4.69, 9.17) is 11.6 Å². The van der Waals surface area contributed by atoms with Gasteiger partial charge in [0.05, 0.1) is 5.02 Å². The van der Waals surface area contributed by atoms with Gasteiger partial charge < -0.3 is 9.80 Å². The Morgan fingerprint density at radius 3 is 2.55 bits per heavy atom. The number of carbonyl (C=O) groups is 1. The summed E-state index contributed by atoms with van der Waals surface area (Å²) in [6.45, 7) is 1.99. The van der Waals surface area contributed by atoms with Gasteiger partial charge in [0.15, 0.2) is 0 Å². The zero-order valence-corrected chi connectivity index (χ0v) is 19.4. The number of amides is 1. The molecule has 0 spiro atoms. The van der Waals surface area contributed by atoms with Crippen molar-refractivity contribution in [2.75, 3.05) is 43.1 Å². The lowest BCUT2D eigenvalue weighted by Crippen LogP contribution is -2.55. The quantitative estimate of drug-likeness (QED) is 0.617. The van der Waals surface area contributed by atoms with Crippen LogP contribution in [0.3, 0.4) is 0 Å². The van der Waals surface area contributed by atoms with E-state index in [1.165, 1.54) is 30.0 Å². The number of nitrogens with one attached hydrogen (secondary N) is 1. The maximum atomic E-state index is 14.0. The van der Waals surface area contributed by atoms with Gasteiger partial charge in [0.2, 0.25) is 15.9 Å². The first-order chi connectivity index (χ1) is 14.8. The Bertz CT molecular complexity index is 1000. The molecular weight excluding hydrogens is 463 g/mol. The van der Waals surface area contributed by atoms with Crippen molar-refractivity contribution in [2.24, 2.45) is 0 Å². The lowest BCUT2D eigenvalue weighted by Gasteiger charge is -2.37. The Balaban J connectivity index is 1.69. The highest BCUT2D eigenvalue weighted by Gasteiger charge is 2.32. The summed E-state index contributed by atoms with van der Waals surface area (Å²) in [7, 11) is -4.18. The molecule has 1 fully saturated rings. The second-order valence-electron chi connectivity index (χ2n) is 7.03. The molecule has 168 valence electrons. The fraction of sp³-hybridized carbons (Fsp3) is 0.400. The lowest BCUT2D eigenvalue weighted by molar-refractivity contribution is -0.133. The molecule has 31 heavy (non-hydrogen) atoms. The fourth-order valence-corrected chi connectivity index (χ4v) is 5.20. The number of halogens is 2. The third-order valence-electron chi connectivity index (χ3n) is 4.96. The van der Waals surface area contributed by atoms with E-state index in [9.17, 15) is 17.6 Å². The summed E-state index contributed by atoms with van der Waals surface area (Å²) < 4.78 is 41.9. The summed E-state index contributed by atoms with van der Waals surface area (Å²) >= 11 is 7.39. The molecule has 11 heteroatoms. The average molecular weight is 487 g/mol. The second kappa shape index (κ2) is 10.6. The molecule has 0 saturated carbocycles. The summed E-state index contributed by atoms with van der Waals surface area (Å²) in [5.41, 5.74) is 0. The van der Waals surface area contributed by atoms with Gasteiger partial charge >= 0.3 is 0 Å². The monoisotopic (exact) mass is 486 g/mol. The molecule has 0 bridgehead atoms. The van der Waals surface area contributed by atoms with Crippen LogP contribution in [0.4, 0.5) is 10.2 Å². The predicted octanol–water partition coefficient (Wildman–Crippen LogP) is 2.62. The molecule has 7 nitrogen and oxygen atoms in total. The van der Waals surface area contributed by atoms with E-state index in [0.717, 1.165) is 11.9 Å². The number of anilines is 1. The zero-order chi connectivity index (χ0) is 22.4. The van der Waals surface area contributed by atoms with Crippen molar-refractivity contribution < 1.29 is 17.6 Å². The van der Waals surface area contributed by atoms with Gasteiger partial charge in [-0.05, 0) is 42.7 Å². The van der Waals surface area contributed by atoms with Crippen LogP contribution < -0.4 is 9.62 Å². The molecule has 1 unspecified atom stereocenters. The van der Waals surface area contributed by atoms with E-state index in [-0.39, 0.29) is 5.91 Å². The van der Waals surface area contributed by atoms with Crippen LogP contribution >= 0.6 is 23.4 Å². The number of carbonyl (C=O) groups excluding carboxylic acids is 1. The van der Waals surface area contributed by atoms with E-state index in [2.05, 4.69) is 9.71 Å². The first-order valence-electron chi connectivity index (χ1n) is 9.73. The number of hydrogen-bond acceptors (Lipinski definition) is 6. The van der Waals surface area contributed by atoms with Crippen molar-refractivity contribution in [1.82, 2.24) is 14.6 Å². The Morgan fingerprint density at radius 2 is 1.94 bits per heavy atom. The first kappa shape index (κ1) is 23.8. The topological polar surface area (TPSA) is 82.6 Å². The van der Waals surface area contributed by atoms with Gasteiger partial charge in [-0.2, -0.15) is 16.5 Å². The van der Waals surface area contributed by atoms with E-state index in [1.807, 2.05) is 17.2 Å². The summed E-state index contributed by atoms with van der Waals surface area (Å²) in [4.78, 5) is 20.6. The molecule has 0 aliphatic carbocycles. The Morgan fingerprint density at radius 1 is 1.23 bits per heavy atom. The second-order valence-corrected chi connectivity index (χ2v) is 10.1. The van der Waals surface area contributed by atoms with Gasteiger partial charge in [0, 0.05) is 32.4 Å². The smallest absolute Gasteiger partial charge is 0.244 e. The van der Waals surface area contributed by atoms with Crippen molar-refractivity contribution in [3.05, 3.63) is 53.4 Å². The predicted molar refractivity (Wildman–Crippen MR) is 122 cm³/mol. The van der Waals surface area contributed by atoms with Crippen molar-refractivity contribution in [3.8, 4) is 0 Å². The number of sulfonamides is 1. The van der Waals surface area contributed by atoms with Crippen LogP contribution in [0.5, 0.6) is 0 Å². The van der Waals surface area contributed by atoms with Gasteiger partial charge in [-0.1, -0.05) is 23.7 Å². The Kier molecular flexibility index (Phi) is 8.15. The third-order valence-corrected chi connectivity index (χ3v) is 7.33. The molecule has 1 aromatic heterocycles. The molecule has 1 amide bonds. The first-order valence-corrected chi connectivity index (χ1v) is 13.0. The van der Waals surface area contributed by atoms with Crippen LogP contribution in [0.15, 0.2) is 47.5 Å². The van der Waals surface area contributed by atoms with E-state index < -0.39 is 26.8 Å². The molecule has 1 aliphatic rings. The number of pyridine rings is 1. The van der Waals surface area contributed by atoms with Gasteiger partial charge in [0.25, 0.3) is 0 Å². The molecule has 2 heterocycles. The van der Waals surface area contributed by atoms with Crippen LogP contribution in [-0.4, -0.2) is 68.4 Å². The van der Waals surface area contributed by atoms with E-state index >= 15 is 0 Å². The van der Waals surface area contributed by atoms with Crippen molar-refractivity contribution in [3.63, 3.8) is 0 Å². The highest BCUT2D eigenvalue weighted by molar-refractivity contribution is 7.98. The molecule has 2 aromatic rings. The SMILES string of the molecule is CSCCC(NS(=O)(=O)c1ccccc1F)C(=O)N1CCN(c2ccc(Cl)cn2)CC1. The zero-order valence-electron chi connectivity index (χ0n) is 17.0. The van der Waals surface area contributed by atoms with Crippen molar-refractivity contribution in [2.45, 2.75) is 17.4 Å². The largest absolute Gasteiger partial charge is 0.353 e. The number of thioether (sulfide) groups is 1. The number of rotatable bonds is 8.